The molecule has 1 amide bonds. The maximum Gasteiger partial charge on any atom is 0.265 e. The molecule has 0 saturated carbocycles. The zero-order chi connectivity index (χ0) is 9.84. The Morgan fingerprint density at radius 3 is 3.00 bits per heavy atom. The predicted molar refractivity (Wildman–Crippen MR) is 50.8 cm³/mol. The Bertz CT molecular complexity index is 272. The molecule has 1 heterocycles. The van der Waals surface area contributed by atoms with E-state index >= 15 is 0 Å². The first-order valence-electron chi connectivity index (χ1n) is 3.93. The van der Waals surface area contributed by atoms with Crippen LogP contribution in [0.1, 0.15) is 16.6 Å². The van der Waals surface area contributed by atoms with Gasteiger partial charge < -0.3 is 10.0 Å². The number of aromatic nitrogens is 1. The van der Waals surface area contributed by atoms with E-state index in [9.17, 15) is 4.79 Å². The van der Waals surface area contributed by atoms with Gasteiger partial charge >= 0.3 is 0 Å². The molecule has 1 aromatic rings. The Kier molecular flexibility index (Phi) is 3.39. The minimum absolute atomic E-state index is 0.0941. The molecular weight excluding hydrogens is 188 g/mol. The number of likely N-dealkylation sites (N-methyl/N-ethyl adjacent to an activating group) is 1. The summed E-state index contributed by atoms with van der Waals surface area (Å²) in [5.41, 5.74) is 1.61. The van der Waals surface area contributed by atoms with Gasteiger partial charge in [-0.25, -0.2) is 0 Å². The van der Waals surface area contributed by atoms with Crippen molar-refractivity contribution in [3.05, 3.63) is 16.6 Å². The summed E-state index contributed by atoms with van der Waals surface area (Å²) in [6.45, 7) is 1.99. The fraction of sp³-hybridized carbons (Fsp3) is 0.500. The summed E-state index contributed by atoms with van der Waals surface area (Å²) < 4.78 is 0. The Morgan fingerprint density at radius 2 is 2.54 bits per heavy atom. The predicted octanol–water partition coefficient (Wildman–Crippen LogP) is 0.596. The van der Waals surface area contributed by atoms with Crippen LogP contribution in [0, 0.1) is 0 Å². The molecular formula is C8H12N2O2S. The number of carbonyl (C=O) groups excluding carboxylic acids is 1. The van der Waals surface area contributed by atoms with Gasteiger partial charge in [0.25, 0.3) is 5.91 Å². The third-order valence-electron chi connectivity index (χ3n) is 1.53. The number of aliphatic hydroxyl groups excluding tert-OH is 1. The summed E-state index contributed by atoms with van der Waals surface area (Å²) in [6, 6.07) is 0. The van der Waals surface area contributed by atoms with Crippen LogP contribution >= 0.6 is 11.3 Å². The van der Waals surface area contributed by atoms with Crippen molar-refractivity contribution in [1.29, 1.82) is 0 Å². The van der Waals surface area contributed by atoms with Crippen LogP contribution in [-0.2, 0) is 0 Å². The molecule has 1 atom stereocenters. The van der Waals surface area contributed by atoms with Gasteiger partial charge in [-0.15, -0.1) is 11.3 Å². The van der Waals surface area contributed by atoms with Crippen LogP contribution in [0.15, 0.2) is 11.7 Å². The average Bonchev–Trinajstić information content (AvgIpc) is 2.53. The van der Waals surface area contributed by atoms with E-state index in [0.717, 1.165) is 0 Å². The van der Waals surface area contributed by atoms with Crippen LogP contribution in [0.4, 0.5) is 0 Å². The molecule has 1 unspecified atom stereocenters. The van der Waals surface area contributed by atoms with E-state index < -0.39 is 6.10 Å². The molecule has 0 aliphatic heterocycles. The number of amides is 1. The minimum Gasteiger partial charge on any atom is -0.392 e. The molecule has 0 aliphatic carbocycles. The monoisotopic (exact) mass is 200 g/mol. The zero-order valence-corrected chi connectivity index (χ0v) is 8.41. The van der Waals surface area contributed by atoms with Crippen molar-refractivity contribution in [2.24, 2.45) is 0 Å². The lowest BCUT2D eigenvalue weighted by Gasteiger charge is -2.17. The number of nitrogens with zero attached hydrogens (tertiary/aromatic N) is 2. The maximum absolute atomic E-state index is 11.5. The van der Waals surface area contributed by atoms with Gasteiger partial charge in [0.2, 0.25) is 0 Å². The van der Waals surface area contributed by atoms with E-state index in [-0.39, 0.29) is 5.91 Å². The van der Waals surface area contributed by atoms with Crippen molar-refractivity contribution in [3.63, 3.8) is 0 Å². The summed E-state index contributed by atoms with van der Waals surface area (Å²) in [5, 5.41) is 9.06. The van der Waals surface area contributed by atoms with Crippen molar-refractivity contribution in [3.8, 4) is 0 Å². The van der Waals surface area contributed by atoms with Crippen molar-refractivity contribution >= 4 is 17.2 Å². The molecule has 0 spiro atoms. The molecule has 4 nitrogen and oxygen atoms in total. The van der Waals surface area contributed by atoms with E-state index in [2.05, 4.69) is 4.98 Å². The average molecular weight is 200 g/mol. The Labute approximate surface area is 80.8 Å². The number of hydrogen-bond donors (Lipinski definition) is 1. The quantitative estimate of drug-likeness (QED) is 0.777. The van der Waals surface area contributed by atoms with Crippen LogP contribution in [-0.4, -0.2) is 40.6 Å². The van der Waals surface area contributed by atoms with Gasteiger partial charge in [-0.3, -0.25) is 9.78 Å². The highest BCUT2D eigenvalue weighted by Crippen LogP contribution is 2.08. The fourth-order valence-electron chi connectivity index (χ4n) is 0.989. The second kappa shape index (κ2) is 4.34. The number of hydrogen-bond acceptors (Lipinski definition) is 4. The molecule has 72 valence electrons. The summed E-state index contributed by atoms with van der Waals surface area (Å²) in [4.78, 5) is 17.4. The standard InChI is InChI=1S/C8H12N2O2S/c1-6(11)4-10(2)8(12)7-3-9-5-13-7/h3,5-6,11H,4H2,1-2H3. The first kappa shape index (κ1) is 10.1. The third-order valence-corrected chi connectivity index (χ3v) is 2.29. The van der Waals surface area contributed by atoms with Crippen molar-refractivity contribution in [1.82, 2.24) is 9.88 Å². The number of carbonyl (C=O) groups is 1. The van der Waals surface area contributed by atoms with Crippen molar-refractivity contribution in [2.75, 3.05) is 13.6 Å². The molecule has 0 fully saturated rings. The molecule has 13 heavy (non-hydrogen) atoms. The minimum atomic E-state index is -0.498. The second-order valence-electron chi connectivity index (χ2n) is 2.90. The van der Waals surface area contributed by atoms with Gasteiger partial charge in [-0.2, -0.15) is 0 Å². The lowest BCUT2D eigenvalue weighted by atomic mass is 10.3. The molecule has 1 rings (SSSR count). The second-order valence-corrected chi connectivity index (χ2v) is 3.79. The third kappa shape index (κ3) is 2.78. The molecule has 1 aromatic heterocycles. The van der Waals surface area contributed by atoms with Crippen LogP contribution < -0.4 is 0 Å². The molecule has 0 aromatic carbocycles. The fourth-order valence-corrected chi connectivity index (χ4v) is 1.60. The van der Waals surface area contributed by atoms with Gasteiger partial charge in [0, 0.05) is 13.6 Å². The summed E-state index contributed by atoms with van der Waals surface area (Å²) >= 11 is 1.30. The Hall–Kier alpha value is -0.940. The van der Waals surface area contributed by atoms with E-state index in [1.54, 1.807) is 19.5 Å². The van der Waals surface area contributed by atoms with Crippen LogP contribution in [0.5, 0.6) is 0 Å². The van der Waals surface area contributed by atoms with E-state index in [1.807, 2.05) is 0 Å². The first-order chi connectivity index (χ1) is 6.11. The van der Waals surface area contributed by atoms with Gasteiger partial charge in [0.15, 0.2) is 0 Å². The Balaban J connectivity index is 2.58. The van der Waals surface area contributed by atoms with Gasteiger partial charge in [-0.1, -0.05) is 0 Å². The van der Waals surface area contributed by atoms with E-state index in [0.29, 0.717) is 11.4 Å². The maximum atomic E-state index is 11.5. The molecule has 0 aliphatic rings. The number of thiazole rings is 1. The molecule has 1 N–H and O–H groups in total. The highest BCUT2D eigenvalue weighted by atomic mass is 32.1. The lowest BCUT2D eigenvalue weighted by molar-refractivity contribution is 0.0708. The SMILES string of the molecule is CC(O)CN(C)C(=O)c1cncs1. The lowest BCUT2D eigenvalue weighted by Crippen LogP contribution is -2.32. The van der Waals surface area contributed by atoms with Crippen LogP contribution in [0.25, 0.3) is 0 Å². The number of rotatable bonds is 3. The summed E-state index contributed by atoms with van der Waals surface area (Å²) in [6.07, 6.45) is 1.04. The van der Waals surface area contributed by atoms with Crippen LogP contribution in [0.2, 0.25) is 0 Å². The highest BCUT2D eigenvalue weighted by Gasteiger charge is 2.14. The topological polar surface area (TPSA) is 53.4 Å². The largest absolute Gasteiger partial charge is 0.392 e. The van der Waals surface area contributed by atoms with E-state index in [4.69, 9.17) is 5.11 Å². The summed E-state index contributed by atoms with van der Waals surface area (Å²) in [5.74, 6) is -0.0941. The number of aliphatic hydroxyl groups is 1. The molecule has 5 heteroatoms. The Morgan fingerprint density at radius 1 is 1.85 bits per heavy atom. The van der Waals surface area contributed by atoms with Gasteiger partial charge in [0.1, 0.15) is 4.88 Å². The van der Waals surface area contributed by atoms with Gasteiger partial charge in [-0.05, 0) is 6.92 Å². The zero-order valence-electron chi connectivity index (χ0n) is 7.60. The molecule has 0 radical (unpaired) electrons. The molecule has 0 bridgehead atoms. The van der Waals surface area contributed by atoms with Crippen molar-refractivity contribution < 1.29 is 9.90 Å². The molecule has 0 saturated heterocycles. The highest BCUT2D eigenvalue weighted by molar-refractivity contribution is 7.11. The van der Waals surface area contributed by atoms with Gasteiger partial charge in [0.05, 0.1) is 17.8 Å². The first-order valence-corrected chi connectivity index (χ1v) is 4.81. The normalized spacial score (nSPS) is 12.5. The van der Waals surface area contributed by atoms with Crippen molar-refractivity contribution in [2.45, 2.75) is 13.0 Å². The smallest absolute Gasteiger partial charge is 0.265 e. The van der Waals surface area contributed by atoms with E-state index in [1.165, 1.54) is 22.4 Å². The summed E-state index contributed by atoms with van der Waals surface area (Å²) in [7, 11) is 1.66. The van der Waals surface area contributed by atoms with Crippen LogP contribution in [0.3, 0.4) is 0 Å².